The average molecular weight is 355 g/mol. The summed E-state index contributed by atoms with van der Waals surface area (Å²) in [5.41, 5.74) is 1.01. The maximum absolute atomic E-state index is 11.5. The van der Waals surface area contributed by atoms with Crippen molar-refractivity contribution in [3.63, 3.8) is 0 Å². The number of non-ortho nitro benzene ring substituents is 1. The van der Waals surface area contributed by atoms with Crippen molar-refractivity contribution in [3.8, 4) is 5.75 Å². The van der Waals surface area contributed by atoms with Gasteiger partial charge in [-0.25, -0.2) is 0 Å². The van der Waals surface area contributed by atoms with E-state index in [-0.39, 0.29) is 11.4 Å². The highest BCUT2D eigenvalue weighted by atomic mass is 16.6. The van der Waals surface area contributed by atoms with Crippen molar-refractivity contribution < 1.29 is 24.0 Å². The van der Waals surface area contributed by atoms with Gasteiger partial charge in [-0.2, -0.15) is 0 Å². The van der Waals surface area contributed by atoms with E-state index in [1.165, 1.54) is 26.0 Å². The fraction of sp³-hybridized carbons (Fsp3) is 0.158. The first-order valence-corrected chi connectivity index (χ1v) is 7.74. The monoisotopic (exact) mass is 355 g/mol. The predicted octanol–water partition coefficient (Wildman–Crippen LogP) is 3.84. The summed E-state index contributed by atoms with van der Waals surface area (Å²) in [6.07, 6.45) is 2.36. The molecule has 26 heavy (non-hydrogen) atoms. The molecule has 2 aromatic carbocycles. The van der Waals surface area contributed by atoms with Gasteiger partial charge in [-0.15, -0.1) is 0 Å². The van der Waals surface area contributed by atoms with E-state index in [4.69, 9.17) is 9.47 Å². The van der Waals surface area contributed by atoms with Gasteiger partial charge >= 0.3 is 11.9 Å². The molecule has 0 N–H and O–H groups in total. The summed E-state index contributed by atoms with van der Waals surface area (Å²) in [7, 11) is 0. The molecule has 0 aromatic heterocycles. The zero-order valence-corrected chi connectivity index (χ0v) is 14.2. The molecule has 0 saturated carbocycles. The molecule has 0 aliphatic rings. The van der Waals surface area contributed by atoms with E-state index in [2.05, 4.69) is 0 Å². The molecular weight excluding hydrogens is 338 g/mol. The Morgan fingerprint density at radius 2 is 1.81 bits per heavy atom. The minimum atomic E-state index is -0.817. The second-order valence-electron chi connectivity index (χ2n) is 5.37. The molecule has 134 valence electrons. The molecule has 0 amide bonds. The molecule has 0 aliphatic heterocycles. The van der Waals surface area contributed by atoms with Crippen molar-refractivity contribution in [1.82, 2.24) is 0 Å². The average Bonchev–Trinajstić information content (AvgIpc) is 2.58. The van der Waals surface area contributed by atoms with Crippen molar-refractivity contribution in [1.29, 1.82) is 0 Å². The third kappa shape index (κ3) is 5.27. The van der Waals surface area contributed by atoms with Crippen LogP contribution in [0.15, 0.2) is 54.6 Å². The standard InChI is InChI=1S/C19H17NO6/c1-13(21)25-18-9-4-3-8-17(18)19(26-14(2)22)11-10-15-6-5-7-16(12-15)20(23)24/h3-12,19H,1-2H3/b11-10+. The summed E-state index contributed by atoms with van der Waals surface area (Å²) < 4.78 is 10.5. The van der Waals surface area contributed by atoms with Gasteiger partial charge in [-0.05, 0) is 17.7 Å². The molecular formula is C19H17NO6. The van der Waals surface area contributed by atoms with Crippen LogP contribution in [0.1, 0.15) is 31.1 Å². The van der Waals surface area contributed by atoms with E-state index in [1.54, 1.807) is 48.6 Å². The Kier molecular flexibility index (Phi) is 6.21. The van der Waals surface area contributed by atoms with E-state index in [1.807, 2.05) is 0 Å². The third-order valence-electron chi connectivity index (χ3n) is 3.32. The molecule has 1 atom stereocenters. The first kappa shape index (κ1) is 18.9. The molecule has 0 fully saturated rings. The summed E-state index contributed by atoms with van der Waals surface area (Å²) in [6, 6.07) is 12.7. The van der Waals surface area contributed by atoms with Gasteiger partial charge < -0.3 is 9.47 Å². The Hall–Kier alpha value is -3.48. The number of benzene rings is 2. The van der Waals surface area contributed by atoms with Crippen LogP contribution in [0, 0.1) is 10.1 Å². The highest BCUT2D eigenvalue weighted by Gasteiger charge is 2.17. The number of hydrogen-bond donors (Lipinski definition) is 0. The fourth-order valence-electron chi connectivity index (χ4n) is 2.29. The number of nitro groups is 1. The predicted molar refractivity (Wildman–Crippen MR) is 94.4 cm³/mol. The number of ether oxygens (including phenoxy) is 2. The SMILES string of the molecule is CC(=O)Oc1ccccc1C(/C=C/c1cccc([N+](=O)[O-])c1)OC(C)=O. The molecule has 7 heteroatoms. The summed E-state index contributed by atoms with van der Waals surface area (Å²) in [5, 5.41) is 10.9. The summed E-state index contributed by atoms with van der Waals surface area (Å²) in [6.45, 7) is 2.54. The lowest BCUT2D eigenvalue weighted by molar-refractivity contribution is -0.384. The number of rotatable bonds is 6. The number of para-hydroxylation sites is 1. The second-order valence-corrected chi connectivity index (χ2v) is 5.37. The topological polar surface area (TPSA) is 95.7 Å². The Morgan fingerprint density at radius 1 is 1.08 bits per heavy atom. The van der Waals surface area contributed by atoms with Crippen LogP contribution < -0.4 is 4.74 Å². The maximum atomic E-state index is 11.5. The second kappa shape index (κ2) is 8.57. The van der Waals surface area contributed by atoms with Gasteiger partial charge in [-0.1, -0.05) is 36.4 Å². The number of carbonyl (C=O) groups excluding carboxylic acids is 2. The Morgan fingerprint density at radius 3 is 2.46 bits per heavy atom. The van der Waals surface area contributed by atoms with Crippen LogP contribution in [0.4, 0.5) is 5.69 Å². The number of nitrogens with zero attached hydrogens (tertiary/aromatic N) is 1. The molecule has 0 saturated heterocycles. The largest absolute Gasteiger partial charge is 0.453 e. The van der Waals surface area contributed by atoms with E-state index >= 15 is 0 Å². The first-order valence-electron chi connectivity index (χ1n) is 7.74. The lowest BCUT2D eigenvalue weighted by atomic mass is 10.1. The smallest absolute Gasteiger partial charge is 0.308 e. The van der Waals surface area contributed by atoms with Crippen molar-refractivity contribution in [2.24, 2.45) is 0 Å². The lowest BCUT2D eigenvalue weighted by Crippen LogP contribution is -2.10. The molecule has 2 rings (SSSR count). The summed E-state index contributed by atoms with van der Waals surface area (Å²) in [4.78, 5) is 33.1. The van der Waals surface area contributed by atoms with Crippen molar-refractivity contribution in [2.45, 2.75) is 20.0 Å². The van der Waals surface area contributed by atoms with Gasteiger partial charge in [0, 0.05) is 31.5 Å². The van der Waals surface area contributed by atoms with Crippen LogP contribution in [-0.2, 0) is 14.3 Å². The summed E-state index contributed by atoms with van der Waals surface area (Å²) >= 11 is 0. The number of esters is 2. The minimum Gasteiger partial charge on any atom is -0.453 e. The number of carbonyl (C=O) groups is 2. The Labute approximate surface area is 150 Å². The van der Waals surface area contributed by atoms with E-state index < -0.39 is 23.0 Å². The number of hydrogen-bond acceptors (Lipinski definition) is 6. The van der Waals surface area contributed by atoms with Gasteiger partial charge in [0.05, 0.1) is 4.92 Å². The van der Waals surface area contributed by atoms with E-state index in [0.29, 0.717) is 11.1 Å². The lowest BCUT2D eigenvalue weighted by Gasteiger charge is -2.16. The van der Waals surface area contributed by atoms with Gasteiger partial charge in [0.25, 0.3) is 5.69 Å². The zero-order valence-electron chi connectivity index (χ0n) is 14.2. The summed E-state index contributed by atoms with van der Waals surface area (Å²) in [5.74, 6) is -0.743. The van der Waals surface area contributed by atoms with Gasteiger partial charge in [0.2, 0.25) is 0 Å². The molecule has 7 nitrogen and oxygen atoms in total. The van der Waals surface area contributed by atoms with Crippen molar-refractivity contribution >= 4 is 23.7 Å². The van der Waals surface area contributed by atoms with E-state index in [0.717, 1.165) is 0 Å². The Bertz CT molecular complexity index is 859. The molecule has 0 aliphatic carbocycles. The van der Waals surface area contributed by atoms with Crippen LogP contribution in [-0.4, -0.2) is 16.9 Å². The van der Waals surface area contributed by atoms with Gasteiger partial charge in [-0.3, -0.25) is 19.7 Å². The highest BCUT2D eigenvalue weighted by Crippen LogP contribution is 2.30. The molecule has 0 spiro atoms. The third-order valence-corrected chi connectivity index (χ3v) is 3.32. The minimum absolute atomic E-state index is 0.0449. The van der Waals surface area contributed by atoms with Crippen LogP contribution in [0.2, 0.25) is 0 Å². The molecule has 2 aromatic rings. The fourth-order valence-corrected chi connectivity index (χ4v) is 2.29. The molecule has 0 bridgehead atoms. The van der Waals surface area contributed by atoms with Crippen LogP contribution >= 0.6 is 0 Å². The quantitative estimate of drug-likeness (QED) is 0.338. The Balaban J connectivity index is 2.37. The van der Waals surface area contributed by atoms with Gasteiger partial charge in [0.1, 0.15) is 11.9 Å². The van der Waals surface area contributed by atoms with Crippen LogP contribution in [0.25, 0.3) is 6.08 Å². The zero-order chi connectivity index (χ0) is 19.1. The van der Waals surface area contributed by atoms with Gasteiger partial charge in [0.15, 0.2) is 0 Å². The molecule has 0 radical (unpaired) electrons. The highest BCUT2D eigenvalue weighted by molar-refractivity contribution is 5.70. The normalized spacial score (nSPS) is 11.8. The van der Waals surface area contributed by atoms with Crippen LogP contribution in [0.3, 0.4) is 0 Å². The maximum Gasteiger partial charge on any atom is 0.308 e. The van der Waals surface area contributed by atoms with Crippen molar-refractivity contribution in [3.05, 3.63) is 75.8 Å². The van der Waals surface area contributed by atoms with Crippen molar-refractivity contribution in [2.75, 3.05) is 0 Å². The molecule has 0 heterocycles. The van der Waals surface area contributed by atoms with Crippen LogP contribution in [0.5, 0.6) is 5.75 Å². The molecule has 1 unspecified atom stereocenters. The first-order chi connectivity index (χ1) is 12.4. The van der Waals surface area contributed by atoms with E-state index in [9.17, 15) is 19.7 Å². The number of nitro benzene ring substituents is 1.